The highest BCUT2D eigenvalue weighted by molar-refractivity contribution is 5.77. The molecule has 0 spiro atoms. The van der Waals surface area contributed by atoms with Crippen molar-refractivity contribution in [2.24, 2.45) is 0 Å². The third kappa shape index (κ3) is 4.31. The number of benzene rings is 1. The quantitative estimate of drug-likeness (QED) is 0.788. The second kappa shape index (κ2) is 7.27. The highest BCUT2D eigenvalue weighted by Crippen LogP contribution is 2.29. The third-order valence-corrected chi connectivity index (χ3v) is 4.17. The zero-order chi connectivity index (χ0) is 16.1. The molecule has 0 aliphatic heterocycles. The molecule has 0 saturated heterocycles. The van der Waals surface area contributed by atoms with Crippen molar-refractivity contribution in [3.8, 4) is 5.75 Å². The number of rotatable bonds is 7. The zero-order valence-corrected chi connectivity index (χ0v) is 13.4. The summed E-state index contributed by atoms with van der Waals surface area (Å²) in [5, 5.41) is 0. The van der Waals surface area contributed by atoms with E-state index >= 15 is 0 Å². The van der Waals surface area contributed by atoms with Crippen molar-refractivity contribution < 1.29 is 9.53 Å². The van der Waals surface area contributed by atoms with Gasteiger partial charge in [-0.3, -0.25) is 9.78 Å². The fourth-order valence-corrected chi connectivity index (χ4v) is 2.68. The Hall–Kier alpha value is -2.36. The van der Waals surface area contributed by atoms with Gasteiger partial charge in [0.05, 0.1) is 7.11 Å². The van der Waals surface area contributed by atoms with Gasteiger partial charge in [0.25, 0.3) is 0 Å². The first-order valence-electron chi connectivity index (χ1n) is 8.07. The number of amides is 1. The molecule has 4 nitrogen and oxygen atoms in total. The molecule has 0 bridgehead atoms. The van der Waals surface area contributed by atoms with E-state index in [0.717, 1.165) is 36.1 Å². The number of carbonyl (C=O) groups is 1. The summed E-state index contributed by atoms with van der Waals surface area (Å²) >= 11 is 0. The Morgan fingerprint density at radius 3 is 2.61 bits per heavy atom. The molecule has 3 rings (SSSR count). The third-order valence-electron chi connectivity index (χ3n) is 4.17. The Morgan fingerprint density at radius 2 is 2.00 bits per heavy atom. The molecule has 0 unspecified atom stereocenters. The SMILES string of the molecule is COc1ccc(CN(C(=O)CCc2cccnc2)C2CC2)cc1. The molecule has 1 aliphatic rings. The number of aryl methyl sites for hydroxylation is 1. The number of methoxy groups -OCH3 is 1. The van der Waals surface area contributed by atoms with Gasteiger partial charge in [-0.2, -0.15) is 0 Å². The number of hydrogen-bond acceptors (Lipinski definition) is 3. The van der Waals surface area contributed by atoms with Crippen LogP contribution in [-0.4, -0.2) is 28.9 Å². The van der Waals surface area contributed by atoms with Crippen LogP contribution in [0.2, 0.25) is 0 Å². The van der Waals surface area contributed by atoms with Gasteiger partial charge in [-0.05, 0) is 48.6 Å². The smallest absolute Gasteiger partial charge is 0.223 e. The standard InChI is InChI=1S/C19H22N2O2/c1-23-18-9-4-16(5-10-18)14-21(17-7-8-17)19(22)11-6-15-3-2-12-20-13-15/h2-5,9-10,12-13,17H,6-8,11,14H2,1H3. The molecule has 1 aromatic heterocycles. The van der Waals surface area contributed by atoms with Crippen molar-refractivity contribution >= 4 is 5.91 Å². The van der Waals surface area contributed by atoms with Gasteiger partial charge in [-0.25, -0.2) is 0 Å². The maximum absolute atomic E-state index is 12.6. The van der Waals surface area contributed by atoms with E-state index in [9.17, 15) is 4.79 Å². The highest BCUT2D eigenvalue weighted by Gasteiger charge is 2.32. The van der Waals surface area contributed by atoms with Crippen LogP contribution in [0.4, 0.5) is 0 Å². The molecule has 4 heteroatoms. The van der Waals surface area contributed by atoms with E-state index in [1.165, 1.54) is 0 Å². The zero-order valence-electron chi connectivity index (χ0n) is 13.4. The van der Waals surface area contributed by atoms with Gasteiger partial charge in [-0.1, -0.05) is 18.2 Å². The van der Waals surface area contributed by atoms with Gasteiger partial charge in [-0.15, -0.1) is 0 Å². The molecular weight excluding hydrogens is 288 g/mol. The molecule has 1 aromatic carbocycles. The van der Waals surface area contributed by atoms with E-state index in [1.807, 2.05) is 47.5 Å². The Bertz CT molecular complexity index is 636. The minimum absolute atomic E-state index is 0.229. The van der Waals surface area contributed by atoms with Crippen molar-refractivity contribution in [1.82, 2.24) is 9.88 Å². The maximum atomic E-state index is 12.6. The van der Waals surface area contributed by atoms with E-state index < -0.39 is 0 Å². The van der Waals surface area contributed by atoms with Crippen LogP contribution in [0.3, 0.4) is 0 Å². The van der Waals surface area contributed by atoms with Crippen LogP contribution in [0.25, 0.3) is 0 Å². The minimum atomic E-state index is 0.229. The topological polar surface area (TPSA) is 42.4 Å². The molecule has 23 heavy (non-hydrogen) atoms. The lowest BCUT2D eigenvalue weighted by Gasteiger charge is -2.23. The van der Waals surface area contributed by atoms with E-state index in [-0.39, 0.29) is 5.91 Å². The predicted octanol–water partition coefficient (Wildman–Crippen LogP) is 3.21. The molecule has 0 radical (unpaired) electrons. The highest BCUT2D eigenvalue weighted by atomic mass is 16.5. The summed E-state index contributed by atoms with van der Waals surface area (Å²) in [4.78, 5) is 18.7. The number of nitrogens with zero attached hydrogens (tertiary/aromatic N) is 2. The van der Waals surface area contributed by atoms with Crippen molar-refractivity contribution in [3.05, 3.63) is 59.9 Å². The lowest BCUT2D eigenvalue weighted by molar-refractivity contribution is -0.132. The second-order valence-electron chi connectivity index (χ2n) is 5.96. The van der Waals surface area contributed by atoms with Gasteiger partial charge < -0.3 is 9.64 Å². The van der Waals surface area contributed by atoms with Crippen LogP contribution in [0, 0.1) is 0 Å². The summed E-state index contributed by atoms with van der Waals surface area (Å²) in [6.45, 7) is 0.681. The van der Waals surface area contributed by atoms with Crippen LogP contribution in [-0.2, 0) is 17.8 Å². The number of hydrogen-bond donors (Lipinski definition) is 0. The Balaban J connectivity index is 1.60. The molecule has 120 valence electrons. The first kappa shape index (κ1) is 15.5. The lowest BCUT2D eigenvalue weighted by atomic mass is 10.1. The average Bonchev–Trinajstić information content (AvgIpc) is 3.44. The van der Waals surface area contributed by atoms with Crippen molar-refractivity contribution in [3.63, 3.8) is 0 Å². The number of pyridine rings is 1. The van der Waals surface area contributed by atoms with Gasteiger partial charge >= 0.3 is 0 Å². The summed E-state index contributed by atoms with van der Waals surface area (Å²) in [6.07, 6.45) is 7.12. The fraction of sp³-hybridized carbons (Fsp3) is 0.368. The molecule has 1 aliphatic carbocycles. The fourth-order valence-electron chi connectivity index (χ4n) is 2.68. The summed E-state index contributed by atoms with van der Waals surface area (Å²) in [5.41, 5.74) is 2.26. The van der Waals surface area contributed by atoms with Crippen LogP contribution in [0.15, 0.2) is 48.8 Å². The first-order valence-corrected chi connectivity index (χ1v) is 8.07. The molecule has 0 N–H and O–H groups in total. The van der Waals surface area contributed by atoms with Crippen molar-refractivity contribution in [2.75, 3.05) is 7.11 Å². The van der Waals surface area contributed by atoms with Gasteiger partial charge in [0.2, 0.25) is 5.91 Å². The summed E-state index contributed by atoms with van der Waals surface area (Å²) < 4.78 is 5.18. The summed E-state index contributed by atoms with van der Waals surface area (Å²) in [5.74, 6) is 1.07. The summed E-state index contributed by atoms with van der Waals surface area (Å²) in [6, 6.07) is 12.3. The molecule has 1 saturated carbocycles. The van der Waals surface area contributed by atoms with E-state index in [2.05, 4.69) is 4.98 Å². The van der Waals surface area contributed by atoms with E-state index in [0.29, 0.717) is 19.0 Å². The monoisotopic (exact) mass is 310 g/mol. The van der Waals surface area contributed by atoms with Gasteiger partial charge in [0, 0.05) is 31.4 Å². The summed E-state index contributed by atoms with van der Waals surface area (Å²) in [7, 11) is 1.66. The minimum Gasteiger partial charge on any atom is -0.497 e. The van der Waals surface area contributed by atoms with Crippen LogP contribution >= 0.6 is 0 Å². The second-order valence-corrected chi connectivity index (χ2v) is 5.96. The largest absolute Gasteiger partial charge is 0.497 e. The molecule has 0 atom stereocenters. The molecular formula is C19H22N2O2. The van der Waals surface area contributed by atoms with Crippen LogP contribution in [0.5, 0.6) is 5.75 Å². The van der Waals surface area contributed by atoms with Crippen molar-refractivity contribution in [1.29, 1.82) is 0 Å². The number of ether oxygens (including phenoxy) is 1. The number of carbonyl (C=O) groups excluding carboxylic acids is 1. The van der Waals surface area contributed by atoms with Gasteiger partial charge in [0.1, 0.15) is 5.75 Å². The van der Waals surface area contributed by atoms with E-state index in [4.69, 9.17) is 4.74 Å². The van der Waals surface area contributed by atoms with Gasteiger partial charge in [0.15, 0.2) is 0 Å². The molecule has 1 fully saturated rings. The molecule has 1 amide bonds. The molecule has 1 heterocycles. The Kier molecular flexibility index (Phi) is 4.91. The van der Waals surface area contributed by atoms with Crippen LogP contribution < -0.4 is 4.74 Å². The average molecular weight is 310 g/mol. The van der Waals surface area contributed by atoms with Crippen molar-refractivity contribution in [2.45, 2.75) is 38.3 Å². The Morgan fingerprint density at radius 1 is 1.22 bits per heavy atom. The van der Waals surface area contributed by atoms with Crippen LogP contribution in [0.1, 0.15) is 30.4 Å². The first-order chi connectivity index (χ1) is 11.3. The Labute approximate surface area is 137 Å². The van der Waals surface area contributed by atoms with E-state index in [1.54, 1.807) is 13.3 Å². The predicted molar refractivity (Wildman–Crippen MR) is 89.1 cm³/mol. The molecule has 2 aromatic rings. The number of aromatic nitrogens is 1. The normalized spacial score (nSPS) is 13.6. The lowest BCUT2D eigenvalue weighted by Crippen LogP contribution is -2.32. The maximum Gasteiger partial charge on any atom is 0.223 e.